The first-order valence-corrected chi connectivity index (χ1v) is 17.6. The SMILES string of the molecule is CC(C)c1nnsc1CNC(=O)CN1CCCCCOc2ccccc2N(CC(=O)NCc2snnc2C(C)C)c2cncc(c2)C1=O. The van der Waals surface area contributed by atoms with Crippen LogP contribution in [-0.2, 0) is 22.7 Å². The second-order valence-electron chi connectivity index (χ2n) is 12.1. The summed E-state index contributed by atoms with van der Waals surface area (Å²) in [6, 6.07) is 9.23. The molecule has 13 nitrogen and oxygen atoms in total. The Hall–Kier alpha value is -4.50. The number of nitrogens with one attached hydrogen (secondary N) is 2. The molecule has 0 fully saturated rings. The third-order valence-electron chi connectivity index (χ3n) is 7.85. The molecule has 3 aromatic heterocycles. The average Bonchev–Trinajstić information content (AvgIpc) is 3.76. The minimum atomic E-state index is -0.313. The number of aromatic nitrogens is 5. The number of benzene rings is 1. The fourth-order valence-electron chi connectivity index (χ4n) is 5.35. The molecule has 0 spiro atoms. The van der Waals surface area contributed by atoms with E-state index in [4.69, 9.17) is 4.74 Å². The molecule has 0 saturated heterocycles. The zero-order valence-corrected chi connectivity index (χ0v) is 29.3. The van der Waals surface area contributed by atoms with Gasteiger partial charge in [0.05, 0.1) is 70.5 Å². The molecule has 15 heteroatoms. The molecule has 48 heavy (non-hydrogen) atoms. The molecule has 1 aromatic carbocycles. The van der Waals surface area contributed by atoms with Gasteiger partial charge in [-0.3, -0.25) is 19.4 Å². The highest BCUT2D eigenvalue weighted by Gasteiger charge is 2.24. The topological polar surface area (TPSA) is 155 Å². The van der Waals surface area contributed by atoms with Crippen LogP contribution in [0, 0.1) is 0 Å². The van der Waals surface area contributed by atoms with Crippen LogP contribution in [0.3, 0.4) is 0 Å². The second-order valence-corrected chi connectivity index (χ2v) is 13.8. The maximum atomic E-state index is 13.9. The van der Waals surface area contributed by atoms with Crippen molar-refractivity contribution in [1.82, 2.24) is 39.7 Å². The monoisotopic (exact) mass is 691 g/mol. The number of pyridine rings is 1. The first-order valence-electron chi connectivity index (χ1n) is 16.1. The zero-order valence-electron chi connectivity index (χ0n) is 27.6. The first-order chi connectivity index (χ1) is 23.2. The fraction of sp³-hybridized carbons (Fsp3) is 0.455. The summed E-state index contributed by atoms with van der Waals surface area (Å²) in [5.74, 6) is 0.183. The number of carbonyl (C=O) groups excluding carboxylic acids is 3. The summed E-state index contributed by atoms with van der Waals surface area (Å²) in [6.07, 6.45) is 5.36. The van der Waals surface area contributed by atoms with Crippen molar-refractivity contribution in [2.24, 2.45) is 0 Å². The lowest BCUT2D eigenvalue weighted by molar-refractivity contribution is -0.122. The number of hydrogen-bond acceptors (Lipinski definition) is 12. The van der Waals surface area contributed by atoms with Crippen LogP contribution < -0.4 is 20.3 Å². The van der Waals surface area contributed by atoms with Crippen LogP contribution in [0.15, 0.2) is 42.7 Å². The quantitative estimate of drug-likeness (QED) is 0.237. The number of ether oxygens (including phenoxy) is 1. The lowest BCUT2D eigenvalue weighted by Crippen LogP contribution is -2.41. The first kappa shape index (κ1) is 34.8. The molecule has 1 aliphatic heterocycles. The largest absolute Gasteiger partial charge is 0.491 e. The van der Waals surface area contributed by atoms with Crippen molar-refractivity contribution in [3.05, 3.63) is 69.4 Å². The van der Waals surface area contributed by atoms with E-state index >= 15 is 0 Å². The van der Waals surface area contributed by atoms with Gasteiger partial charge < -0.3 is 25.2 Å². The minimum Gasteiger partial charge on any atom is -0.491 e. The summed E-state index contributed by atoms with van der Waals surface area (Å²) in [5, 5.41) is 14.3. The molecule has 2 N–H and O–H groups in total. The van der Waals surface area contributed by atoms with Gasteiger partial charge in [0.15, 0.2) is 0 Å². The normalized spacial score (nSPS) is 14.0. The highest BCUT2D eigenvalue weighted by Crippen LogP contribution is 2.34. The van der Waals surface area contributed by atoms with Crippen molar-refractivity contribution in [3.8, 4) is 5.75 Å². The van der Waals surface area contributed by atoms with E-state index in [-0.39, 0.29) is 42.6 Å². The van der Waals surface area contributed by atoms with Gasteiger partial charge in [0.25, 0.3) is 5.91 Å². The predicted molar refractivity (Wildman–Crippen MR) is 185 cm³/mol. The molecule has 0 saturated carbocycles. The highest BCUT2D eigenvalue weighted by molar-refractivity contribution is 7.05. The lowest BCUT2D eigenvalue weighted by atomic mass is 10.1. The van der Waals surface area contributed by atoms with Crippen LogP contribution in [0.4, 0.5) is 11.4 Å². The van der Waals surface area contributed by atoms with Crippen LogP contribution in [0.25, 0.3) is 0 Å². The molecule has 3 amide bonds. The van der Waals surface area contributed by atoms with Gasteiger partial charge in [0, 0.05) is 12.7 Å². The molecule has 4 aromatic rings. The summed E-state index contributed by atoms with van der Waals surface area (Å²) < 4.78 is 14.3. The summed E-state index contributed by atoms with van der Waals surface area (Å²) in [5.41, 5.74) is 3.25. The summed E-state index contributed by atoms with van der Waals surface area (Å²) >= 11 is 2.53. The molecule has 2 bridgehead atoms. The van der Waals surface area contributed by atoms with Gasteiger partial charge in [-0.15, -0.1) is 10.2 Å². The van der Waals surface area contributed by atoms with Gasteiger partial charge >= 0.3 is 0 Å². The van der Waals surface area contributed by atoms with E-state index in [0.717, 1.165) is 34.0 Å². The van der Waals surface area contributed by atoms with Gasteiger partial charge in [0.1, 0.15) is 12.3 Å². The number of carbonyl (C=O) groups is 3. The highest BCUT2D eigenvalue weighted by atomic mass is 32.1. The van der Waals surface area contributed by atoms with Crippen LogP contribution in [-0.4, -0.2) is 73.0 Å². The number of hydrogen-bond donors (Lipinski definition) is 2. The Balaban J connectivity index is 1.37. The third kappa shape index (κ3) is 8.89. The molecule has 1 aliphatic rings. The van der Waals surface area contributed by atoms with Crippen molar-refractivity contribution in [2.45, 2.75) is 71.9 Å². The van der Waals surface area contributed by atoms with Gasteiger partial charge in [0.2, 0.25) is 11.8 Å². The number of para-hydroxylation sites is 2. The van der Waals surface area contributed by atoms with E-state index in [1.165, 1.54) is 29.3 Å². The summed E-state index contributed by atoms with van der Waals surface area (Å²) in [7, 11) is 0. The molecule has 5 rings (SSSR count). The van der Waals surface area contributed by atoms with E-state index < -0.39 is 0 Å². The number of fused-ring (bicyclic) bond motifs is 3. The summed E-state index contributed by atoms with van der Waals surface area (Å²) in [6.45, 7) is 9.44. The molecule has 0 aliphatic carbocycles. The van der Waals surface area contributed by atoms with Crippen molar-refractivity contribution in [1.29, 1.82) is 0 Å². The molecule has 4 heterocycles. The van der Waals surface area contributed by atoms with E-state index in [0.29, 0.717) is 55.3 Å². The molecule has 254 valence electrons. The average molecular weight is 692 g/mol. The maximum Gasteiger partial charge on any atom is 0.255 e. The zero-order chi connectivity index (χ0) is 34.0. The van der Waals surface area contributed by atoms with Crippen LogP contribution in [0.2, 0.25) is 0 Å². The Labute approximate surface area is 288 Å². The van der Waals surface area contributed by atoms with Gasteiger partial charge in [-0.25, -0.2) is 0 Å². The molecule has 0 radical (unpaired) electrons. The van der Waals surface area contributed by atoms with Crippen molar-refractivity contribution >= 4 is 52.2 Å². The van der Waals surface area contributed by atoms with E-state index in [1.807, 2.05) is 52.0 Å². The Morgan fingerprint density at radius 1 is 0.875 bits per heavy atom. The van der Waals surface area contributed by atoms with E-state index in [1.54, 1.807) is 22.1 Å². The number of anilines is 2. The number of amides is 3. The molecular formula is C33H41N9O4S2. The van der Waals surface area contributed by atoms with Crippen molar-refractivity contribution in [3.63, 3.8) is 0 Å². The van der Waals surface area contributed by atoms with Gasteiger partial charge in [-0.1, -0.05) is 48.8 Å². The molecule has 0 unspecified atom stereocenters. The predicted octanol–water partition coefficient (Wildman–Crippen LogP) is 4.81. The van der Waals surface area contributed by atoms with Gasteiger partial charge in [-0.05, 0) is 72.4 Å². The smallest absolute Gasteiger partial charge is 0.255 e. The number of nitrogens with zero attached hydrogens (tertiary/aromatic N) is 7. The Morgan fingerprint density at radius 3 is 2.19 bits per heavy atom. The van der Waals surface area contributed by atoms with Gasteiger partial charge in [-0.2, -0.15) is 0 Å². The number of rotatable bonds is 10. The maximum absolute atomic E-state index is 13.9. The molecule has 0 atom stereocenters. The van der Waals surface area contributed by atoms with Crippen molar-refractivity contribution in [2.75, 3.05) is 31.1 Å². The molecular weight excluding hydrogens is 651 g/mol. The minimum absolute atomic E-state index is 0.0557. The third-order valence-corrected chi connectivity index (χ3v) is 9.32. The van der Waals surface area contributed by atoms with Crippen LogP contribution >= 0.6 is 23.1 Å². The van der Waals surface area contributed by atoms with Crippen molar-refractivity contribution < 1.29 is 19.1 Å². The Bertz CT molecular complexity index is 1710. The van der Waals surface area contributed by atoms with E-state index in [2.05, 4.69) is 34.8 Å². The van der Waals surface area contributed by atoms with E-state index in [9.17, 15) is 14.4 Å². The fourth-order valence-corrected chi connectivity index (χ4v) is 6.82. The standard InChI is InChI=1S/C33H41N9O4S2/c1-21(2)31-27(47-39-37-31)17-35-29(43)19-41-12-8-5-9-13-46-26-11-7-6-10-25(26)42(24-14-23(33(41)45)15-34-16-24)20-30(44)36-18-28-32(22(3)4)38-40-48-28/h6-7,10-11,14-16,21-22H,5,8-9,12-13,17-20H2,1-4H3,(H,35,43)(H,36,44). The summed E-state index contributed by atoms with van der Waals surface area (Å²) in [4.78, 5) is 50.0. The second kappa shape index (κ2) is 16.6. The Morgan fingerprint density at radius 2 is 1.52 bits per heavy atom. The Kier molecular flexibility index (Phi) is 12.0. The van der Waals surface area contributed by atoms with Crippen LogP contribution in [0.5, 0.6) is 5.75 Å². The lowest BCUT2D eigenvalue weighted by Gasteiger charge is -2.28. The van der Waals surface area contributed by atoms with Crippen LogP contribution in [0.1, 0.15) is 90.3 Å².